The van der Waals surface area contributed by atoms with E-state index in [1.54, 1.807) is 18.9 Å². The van der Waals surface area contributed by atoms with Gasteiger partial charge in [-0.25, -0.2) is 4.98 Å². The summed E-state index contributed by atoms with van der Waals surface area (Å²) in [5, 5.41) is 12.5. The first-order valence-electron chi connectivity index (χ1n) is 11.7. The van der Waals surface area contributed by atoms with Gasteiger partial charge in [-0.1, -0.05) is 55.9 Å². The number of hydrogen-bond donors (Lipinski definition) is 0. The van der Waals surface area contributed by atoms with E-state index in [1.807, 2.05) is 69.4 Å². The van der Waals surface area contributed by atoms with Crippen LogP contribution in [0.2, 0.25) is 0 Å². The number of nitrogens with zero attached hydrogens (tertiary/aromatic N) is 5. The molecular formula is C26H29N5O2S2. The lowest BCUT2D eigenvalue weighted by Gasteiger charge is -2.20. The molecule has 4 aromatic rings. The summed E-state index contributed by atoms with van der Waals surface area (Å²) in [5.41, 5.74) is 2.42. The topological polar surface area (TPSA) is 73.1 Å². The number of hydrogen-bond acceptors (Lipinski definition) is 7. The van der Waals surface area contributed by atoms with Gasteiger partial charge in [0, 0.05) is 29.7 Å². The molecule has 0 aliphatic carbocycles. The molecule has 0 atom stereocenters. The quantitative estimate of drug-likeness (QED) is 0.234. The molecule has 9 heteroatoms. The van der Waals surface area contributed by atoms with Gasteiger partial charge in [0.1, 0.15) is 16.5 Å². The fourth-order valence-electron chi connectivity index (χ4n) is 3.74. The molecule has 0 aliphatic heterocycles. The SMILES string of the molecule is CCCN(CCC)C(=O)c1csc(CSc2nnc(-c3cccc(OC)c3)n2-c2ccccc2)n1. The number of ether oxygens (including phenoxy) is 1. The second-order valence-electron chi connectivity index (χ2n) is 7.92. The number of thiazole rings is 1. The van der Waals surface area contributed by atoms with Gasteiger partial charge in [0.2, 0.25) is 0 Å². The molecule has 4 rings (SSSR count). The van der Waals surface area contributed by atoms with Crippen molar-refractivity contribution in [1.82, 2.24) is 24.6 Å². The number of carbonyl (C=O) groups is 1. The Balaban J connectivity index is 1.58. The zero-order valence-corrected chi connectivity index (χ0v) is 21.8. The molecule has 2 heterocycles. The molecule has 0 N–H and O–H groups in total. The summed E-state index contributed by atoms with van der Waals surface area (Å²) >= 11 is 3.06. The van der Waals surface area contributed by atoms with Gasteiger partial charge in [0.15, 0.2) is 11.0 Å². The number of para-hydroxylation sites is 1. The predicted octanol–water partition coefficient (Wildman–Crippen LogP) is 5.95. The molecule has 0 unspecified atom stereocenters. The smallest absolute Gasteiger partial charge is 0.273 e. The van der Waals surface area contributed by atoms with Crippen LogP contribution in [0.4, 0.5) is 0 Å². The second kappa shape index (κ2) is 12.0. The summed E-state index contributed by atoms with van der Waals surface area (Å²) in [5.74, 6) is 2.11. The number of aromatic nitrogens is 4. The highest BCUT2D eigenvalue weighted by Gasteiger charge is 2.20. The highest BCUT2D eigenvalue weighted by atomic mass is 32.2. The van der Waals surface area contributed by atoms with Crippen LogP contribution in [-0.4, -0.2) is 50.8 Å². The van der Waals surface area contributed by atoms with Crippen molar-refractivity contribution in [1.29, 1.82) is 0 Å². The number of thioether (sulfide) groups is 1. The first kappa shape index (κ1) is 24.9. The van der Waals surface area contributed by atoms with Gasteiger partial charge in [0.05, 0.1) is 12.9 Å². The third-order valence-corrected chi connectivity index (χ3v) is 7.32. The third-order valence-electron chi connectivity index (χ3n) is 5.35. The Morgan fingerprint density at radius 3 is 2.54 bits per heavy atom. The monoisotopic (exact) mass is 507 g/mol. The van der Waals surface area contributed by atoms with Crippen molar-refractivity contribution in [2.24, 2.45) is 0 Å². The average molecular weight is 508 g/mol. The molecule has 2 aromatic carbocycles. The fourth-order valence-corrected chi connectivity index (χ4v) is 5.48. The average Bonchev–Trinajstić information content (AvgIpc) is 3.55. The molecule has 0 aliphatic rings. The third kappa shape index (κ3) is 5.91. The largest absolute Gasteiger partial charge is 0.497 e. The van der Waals surface area contributed by atoms with Crippen molar-refractivity contribution in [3.63, 3.8) is 0 Å². The predicted molar refractivity (Wildman–Crippen MR) is 142 cm³/mol. The molecule has 35 heavy (non-hydrogen) atoms. The summed E-state index contributed by atoms with van der Waals surface area (Å²) in [6, 6.07) is 17.9. The molecule has 2 aromatic heterocycles. The standard InChI is InChI=1S/C26H29N5O2S2/c1-4-14-30(15-5-2)25(32)22-17-34-23(27-22)18-35-26-29-28-24(19-10-9-13-21(16-19)33-3)31(26)20-11-7-6-8-12-20/h6-13,16-17H,4-5,14-15,18H2,1-3H3. The van der Waals surface area contributed by atoms with Crippen LogP contribution in [0.15, 0.2) is 65.1 Å². The van der Waals surface area contributed by atoms with Crippen molar-refractivity contribution in [2.45, 2.75) is 37.6 Å². The lowest BCUT2D eigenvalue weighted by molar-refractivity contribution is 0.0750. The maximum atomic E-state index is 12.9. The number of benzene rings is 2. The first-order valence-corrected chi connectivity index (χ1v) is 13.5. The van der Waals surface area contributed by atoms with E-state index in [-0.39, 0.29) is 5.91 Å². The molecule has 0 saturated carbocycles. The van der Waals surface area contributed by atoms with Crippen molar-refractivity contribution in [3.8, 4) is 22.8 Å². The molecule has 0 radical (unpaired) electrons. The van der Waals surface area contributed by atoms with Crippen LogP contribution in [0.5, 0.6) is 5.75 Å². The Hall–Kier alpha value is -3.17. The van der Waals surface area contributed by atoms with E-state index in [4.69, 9.17) is 4.74 Å². The second-order valence-corrected chi connectivity index (χ2v) is 9.80. The number of amides is 1. The fraction of sp³-hybridized carbons (Fsp3) is 0.308. The van der Waals surface area contributed by atoms with Crippen molar-refractivity contribution >= 4 is 29.0 Å². The molecule has 0 saturated heterocycles. The maximum Gasteiger partial charge on any atom is 0.273 e. The molecule has 1 amide bonds. The van der Waals surface area contributed by atoms with Crippen LogP contribution in [0.1, 0.15) is 42.2 Å². The lowest BCUT2D eigenvalue weighted by atomic mass is 10.2. The summed E-state index contributed by atoms with van der Waals surface area (Å²) < 4.78 is 7.45. The summed E-state index contributed by atoms with van der Waals surface area (Å²) in [6.45, 7) is 5.67. The molecular weight excluding hydrogens is 478 g/mol. The molecule has 182 valence electrons. The van der Waals surface area contributed by atoms with E-state index < -0.39 is 0 Å². The highest BCUT2D eigenvalue weighted by molar-refractivity contribution is 7.98. The molecule has 0 bridgehead atoms. The van der Waals surface area contributed by atoms with E-state index in [0.29, 0.717) is 11.4 Å². The van der Waals surface area contributed by atoms with E-state index in [2.05, 4.69) is 29.0 Å². The normalized spacial score (nSPS) is 10.9. The minimum Gasteiger partial charge on any atom is -0.497 e. The Morgan fingerprint density at radius 2 is 1.83 bits per heavy atom. The first-order chi connectivity index (χ1) is 17.1. The van der Waals surface area contributed by atoms with Gasteiger partial charge in [-0.2, -0.15) is 0 Å². The maximum absolute atomic E-state index is 12.9. The Kier molecular flexibility index (Phi) is 8.54. The van der Waals surface area contributed by atoms with Crippen LogP contribution in [0.3, 0.4) is 0 Å². The van der Waals surface area contributed by atoms with Crippen LogP contribution in [-0.2, 0) is 5.75 Å². The summed E-state index contributed by atoms with van der Waals surface area (Å²) in [7, 11) is 1.65. The Morgan fingerprint density at radius 1 is 1.06 bits per heavy atom. The van der Waals surface area contributed by atoms with Gasteiger partial charge in [0.25, 0.3) is 5.91 Å². The van der Waals surface area contributed by atoms with E-state index in [1.165, 1.54) is 11.3 Å². The summed E-state index contributed by atoms with van der Waals surface area (Å²) in [6.07, 6.45) is 1.87. The van der Waals surface area contributed by atoms with Crippen LogP contribution in [0, 0.1) is 0 Å². The van der Waals surface area contributed by atoms with Gasteiger partial charge < -0.3 is 9.64 Å². The zero-order chi connectivity index (χ0) is 24.6. The Labute approximate surface area is 214 Å². The molecule has 0 fully saturated rings. The van der Waals surface area contributed by atoms with Gasteiger partial charge in [-0.05, 0) is 37.1 Å². The lowest BCUT2D eigenvalue weighted by Crippen LogP contribution is -2.32. The Bertz CT molecular complexity index is 1250. The van der Waals surface area contributed by atoms with Crippen LogP contribution >= 0.6 is 23.1 Å². The van der Waals surface area contributed by atoms with Crippen LogP contribution < -0.4 is 4.74 Å². The minimum absolute atomic E-state index is 0.00830. The number of carbonyl (C=O) groups excluding carboxylic acids is 1. The van der Waals surface area contributed by atoms with Crippen LogP contribution in [0.25, 0.3) is 17.1 Å². The molecule has 7 nitrogen and oxygen atoms in total. The minimum atomic E-state index is 0.00830. The number of rotatable bonds is 11. The van der Waals surface area contributed by atoms with Crippen molar-refractivity contribution < 1.29 is 9.53 Å². The van der Waals surface area contributed by atoms with Gasteiger partial charge in [-0.3, -0.25) is 9.36 Å². The van der Waals surface area contributed by atoms with Gasteiger partial charge >= 0.3 is 0 Å². The summed E-state index contributed by atoms with van der Waals surface area (Å²) in [4.78, 5) is 19.4. The van der Waals surface area contributed by atoms with E-state index >= 15 is 0 Å². The van der Waals surface area contributed by atoms with Gasteiger partial charge in [-0.15, -0.1) is 21.5 Å². The van der Waals surface area contributed by atoms with E-state index in [0.717, 1.165) is 58.9 Å². The van der Waals surface area contributed by atoms with Crippen molar-refractivity contribution in [3.05, 3.63) is 70.7 Å². The number of methoxy groups -OCH3 is 1. The highest BCUT2D eigenvalue weighted by Crippen LogP contribution is 2.31. The van der Waals surface area contributed by atoms with E-state index in [9.17, 15) is 4.79 Å². The zero-order valence-electron chi connectivity index (χ0n) is 20.2. The van der Waals surface area contributed by atoms with Crippen molar-refractivity contribution in [2.75, 3.05) is 20.2 Å². The molecule has 0 spiro atoms.